The average Bonchev–Trinajstić information content (AvgIpc) is 3.01. The summed E-state index contributed by atoms with van der Waals surface area (Å²) in [4.78, 5) is 34.7. The van der Waals surface area contributed by atoms with Gasteiger partial charge in [-0.25, -0.2) is 0 Å². The van der Waals surface area contributed by atoms with Crippen molar-refractivity contribution in [1.82, 2.24) is 10.6 Å². The SMILES string of the molecule is CC(CC(=O)NCC1(C(=O)O)CC1)NC(=O)C1CCCC1. The quantitative estimate of drug-likeness (QED) is 0.654. The number of rotatable bonds is 7. The first-order chi connectivity index (χ1) is 9.93. The summed E-state index contributed by atoms with van der Waals surface area (Å²) in [6.45, 7) is 1.99. The Labute approximate surface area is 124 Å². The summed E-state index contributed by atoms with van der Waals surface area (Å²) in [5.74, 6) is -0.915. The molecule has 0 radical (unpaired) electrons. The van der Waals surface area contributed by atoms with Crippen LogP contribution < -0.4 is 10.6 Å². The molecule has 2 rings (SSSR count). The zero-order valence-electron chi connectivity index (χ0n) is 12.5. The minimum atomic E-state index is -0.842. The van der Waals surface area contributed by atoms with Gasteiger partial charge in [-0.1, -0.05) is 12.8 Å². The maximum absolute atomic E-state index is 11.9. The number of amides is 2. The summed E-state index contributed by atoms with van der Waals surface area (Å²) in [5.41, 5.74) is -0.744. The molecular weight excluding hydrogens is 272 g/mol. The zero-order chi connectivity index (χ0) is 15.5. The minimum absolute atomic E-state index is 0.0389. The topological polar surface area (TPSA) is 95.5 Å². The van der Waals surface area contributed by atoms with Gasteiger partial charge in [-0.05, 0) is 32.6 Å². The number of hydrogen-bond acceptors (Lipinski definition) is 3. The fourth-order valence-electron chi connectivity index (χ4n) is 2.83. The molecule has 6 nitrogen and oxygen atoms in total. The normalized spacial score (nSPS) is 21.6. The summed E-state index contributed by atoms with van der Waals surface area (Å²) in [5, 5.41) is 14.6. The van der Waals surface area contributed by atoms with E-state index in [9.17, 15) is 14.4 Å². The third kappa shape index (κ3) is 4.19. The van der Waals surface area contributed by atoms with E-state index in [2.05, 4.69) is 10.6 Å². The van der Waals surface area contributed by atoms with E-state index in [-0.39, 0.29) is 36.7 Å². The fraction of sp³-hybridized carbons (Fsp3) is 0.800. The predicted molar refractivity (Wildman–Crippen MR) is 76.5 cm³/mol. The molecule has 0 aliphatic heterocycles. The van der Waals surface area contributed by atoms with Crippen molar-refractivity contribution in [3.8, 4) is 0 Å². The number of carbonyl (C=O) groups is 3. The molecule has 1 unspecified atom stereocenters. The highest BCUT2D eigenvalue weighted by atomic mass is 16.4. The van der Waals surface area contributed by atoms with Crippen LogP contribution in [0.25, 0.3) is 0 Å². The lowest BCUT2D eigenvalue weighted by Gasteiger charge is -2.17. The summed E-state index contributed by atoms with van der Waals surface area (Å²) in [6.07, 6.45) is 5.51. The van der Waals surface area contributed by atoms with Crippen molar-refractivity contribution in [2.75, 3.05) is 6.54 Å². The fourth-order valence-corrected chi connectivity index (χ4v) is 2.83. The second-order valence-electron chi connectivity index (χ2n) is 6.46. The van der Waals surface area contributed by atoms with Crippen molar-refractivity contribution < 1.29 is 19.5 Å². The largest absolute Gasteiger partial charge is 0.481 e. The summed E-state index contributed by atoms with van der Waals surface area (Å²) in [6, 6.07) is -0.224. The number of hydrogen-bond donors (Lipinski definition) is 3. The Kier molecular flexibility index (Phi) is 4.85. The van der Waals surface area contributed by atoms with Crippen LogP contribution in [-0.4, -0.2) is 35.5 Å². The lowest BCUT2D eigenvalue weighted by atomic mass is 10.1. The molecule has 21 heavy (non-hydrogen) atoms. The lowest BCUT2D eigenvalue weighted by molar-refractivity contribution is -0.143. The molecule has 0 aromatic rings. The van der Waals surface area contributed by atoms with Crippen LogP contribution in [-0.2, 0) is 14.4 Å². The maximum atomic E-state index is 11.9. The van der Waals surface area contributed by atoms with Gasteiger partial charge in [0.2, 0.25) is 11.8 Å². The molecule has 2 fully saturated rings. The van der Waals surface area contributed by atoms with Gasteiger partial charge < -0.3 is 15.7 Å². The Morgan fingerprint density at radius 1 is 1.24 bits per heavy atom. The molecule has 6 heteroatoms. The molecule has 0 spiro atoms. The second kappa shape index (κ2) is 6.45. The van der Waals surface area contributed by atoms with Gasteiger partial charge in [-0.2, -0.15) is 0 Å². The van der Waals surface area contributed by atoms with Gasteiger partial charge in [0, 0.05) is 24.9 Å². The maximum Gasteiger partial charge on any atom is 0.311 e. The molecule has 2 amide bonds. The van der Waals surface area contributed by atoms with Crippen LogP contribution in [0.3, 0.4) is 0 Å². The van der Waals surface area contributed by atoms with Gasteiger partial charge in [-0.15, -0.1) is 0 Å². The van der Waals surface area contributed by atoms with Gasteiger partial charge in [0.15, 0.2) is 0 Å². The van der Waals surface area contributed by atoms with Crippen LogP contribution in [0.2, 0.25) is 0 Å². The third-order valence-electron chi connectivity index (χ3n) is 4.54. The summed E-state index contributed by atoms with van der Waals surface area (Å²) >= 11 is 0. The molecule has 0 aromatic heterocycles. The number of carboxylic acids is 1. The lowest BCUT2D eigenvalue weighted by Crippen LogP contribution is -2.41. The molecule has 2 aliphatic carbocycles. The smallest absolute Gasteiger partial charge is 0.311 e. The van der Waals surface area contributed by atoms with Crippen LogP contribution in [0.15, 0.2) is 0 Å². The van der Waals surface area contributed by atoms with Crippen LogP contribution >= 0.6 is 0 Å². The second-order valence-corrected chi connectivity index (χ2v) is 6.46. The van der Waals surface area contributed by atoms with Gasteiger partial charge in [0.25, 0.3) is 0 Å². The first kappa shape index (κ1) is 15.8. The average molecular weight is 296 g/mol. The Balaban J connectivity index is 1.67. The molecule has 2 aliphatic rings. The van der Waals surface area contributed by atoms with Crippen molar-refractivity contribution in [3.63, 3.8) is 0 Å². The Bertz CT molecular complexity index is 425. The van der Waals surface area contributed by atoms with Crippen LogP contribution in [0.4, 0.5) is 0 Å². The number of carbonyl (C=O) groups excluding carboxylic acids is 2. The highest BCUT2D eigenvalue weighted by Crippen LogP contribution is 2.45. The van der Waals surface area contributed by atoms with E-state index in [4.69, 9.17) is 5.11 Å². The van der Waals surface area contributed by atoms with Crippen molar-refractivity contribution in [2.24, 2.45) is 11.3 Å². The van der Waals surface area contributed by atoms with Gasteiger partial charge >= 0.3 is 5.97 Å². The number of carboxylic acid groups (broad SMARTS) is 1. The Morgan fingerprint density at radius 3 is 2.38 bits per heavy atom. The minimum Gasteiger partial charge on any atom is -0.481 e. The van der Waals surface area contributed by atoms with E-state index in [0.717, 1.165) is 25.7 Å². The van der Waals surface area contributed by atoms with E-state index < -0.39 is 11.4 Å². The highest BCUT2D eigenvalue weighted by molar-refractivity contribution is 5.82. The first-order valence-electron chi connectivity index (χ1n) is 7.73. The molecule has 118 valence electrons. The number of aliphatic carboxylic acids is 1. The van der Waals surface area contributed by atoms with Crippen molar-refractivity contribution in [2.45, 2.75) is 57.9 Å². The van der Waals surface area contributed by atoms with E-state index in [0.29, 0.717) is 12.8 Å². The molecular formula is C15H24N2O4. The van der Waals surface area contributed by atoms with Crippen LogP contribution in [0, 0.1) is 11.3 Å². The van der Waals surface area contributed by atoms with Crippen molar-refractivity contribution in [3.05, 3.63) is 0 Å². The molecule has 3 N–H and O–H groups in total. The Morgan fingerprint density at radius 2 is 1.86 bits per heavy atom. The third-order valence-corrected chi connectivity index (χ3v) is 4.54. The van der Waals surface area contributed by atoms with Gasteiger partial charge in [0.05, 0.1) is 5.41 Å². The van der Waals surface area contributed by atoms with Crippen LogP contribution in [0.1, 0.15) is 51.9 Å². The Hall–Kier alpha value is -1.59. The van der Waals surface area contributed by atoms with E-state index in [1.165, 1.54) is 0 Å². The molecule has 0 saturated heterocycles. The van der Waals surface area contributed by atoms with Crippen molar-refractivity contribution in [1.29, 1.82) is 0 Å². The number of nitrogens with one attached hydrogen (secondary N) is 2. The molecule has 0 bridgehead atoms. The van der Waals surface area contributed by atoms with E-state index >= 15 is 0 Å². The standard InChI is InChI=1S/C15H24N2O4/c1-10(17-13(19)11-4-2-3-5-11)8-12(18)16-9-15(6-7-15)14(20)21/h10-11H,2-9H2,1H3,(H,16,18)(H,17,19)(H,20,21). The first-order valence-corrected chi connectivity index (χ1v) is 7.73. The summed E-state index contributed by atoms with van der Waals surface area (Å²) in [7, 11) is 0. The predicted octanol–water partition coefficient (Wildman–Crippen LogP) is 1.05. The molecule has 2 saturated carbocycles. The van der Waals surface area contributed by atoms with Crippen LogP contribution in [0.5, 0.6) is 0 Å². The van der Waals surface area contributed by atoms with E-state index in [1.807, 2.05) is 0 Å². The monoisotopic (exact) mass is 296 g/mol. The van der Waals surface area contributed by atoms with Crippen molar-refractivity contribution >= 4 is 17.8 Å². The van der Waals surface area contributed by atoms with E-state index in [1.54, 1.807) is 6.92 Å². The summed E-state index contributed by atoms with van der Waals surface area (Å²) < 4.78 is 0. The van der Waals surface area contributed by atoms with Gasteiger partial charge in [-0.3, -0.25) is 14.4 Å². The zero-order valence-corrected chi connectivity index (χ0v) is 12.5. The highest BCUT2D eigenvalue weighted by Gasteiger charge is 2.50. The van der Waals surface area contributed by atoms with Gasteiger partial charge in [0.1, 0.15) is 0 Å². The molecule has 1 atom stereocenters. The molecule has 0 aromatic carbocycles. The molecule has 0 heterocycles.